The second kappa shape index (κ2) is 6.74. The van der Waals surface area contributed by atoms with Crippen molar-refractivity contribution >= 4 is 29.2 Å². The minimum Gasteiger partial charge on any atom is -0.460 e. The fraction of sp³-hybridized carbons (Fsp3) is 0.231. The van der Waals surface area contributed by atoms with E-state index in [0.717, 1.165) is 11.3 Å². The summed E-state index contributed by atoms with van der Waals surface area (Å²) in [6, 6.07) is 3.27. The molecule has 0 atom stereocenters. The maximum absolute atomic E-state index is 11.9. The third-order valence-electron chi connectivity index (χ3n) is 2.58. The van der Waals surface area contributed by atoms with Gasteiger partial charge in [0.1, 0.15) is 6.61 Å². The second-order valence-electron chi connectivity index (χ2n) is 3.91. The number of ether oxygens (including phenoxy) is 2. The van der Waals surface area contributed by atoms with E-state index in [0.29, 0.717) is 6.61 Å². The molecular weight excluding hydrogens is 303 g/mol. The number of carbonyl (C=O) groups is 1. The lowest BCUT2D eigenvalue weighted by Crippen LogP contribution is -2.11. The summed E-state index contributed by atoms with van der Waals surface area (Å²) in [5, 5.41) is 0.453. The van der Waals surface area contributed by atoms with Gasteiger partial charge in [0.05, 0.1) is 40.4 Å². The zero-order valence-corrected chi connectivity index (χ0v) is 12.2. The SMILES string of the molecule is COCCOC(=O)c1c(Cl)cc(-c2cnc[nH]2)cc1Cl. The fourth-order valence-electron chi connectivity index (χ4n) is 1.63. The van der Waals surface area contributed by atoms with E-state index in [4.69, 9.17) is 32.7 Å². The van der Waals surface area contributed by atoms with Gasteiger partial charge in [0.15, 0.2) is 0 Å². The highest BCUT2D eigenvalue weighted by Crippen LogP contribution is 2.31. The van der Waals surface area contributed by atoms with Gasteiger partial charge in [0, 0.05) is 12.7 Å². The lowest BCUT2D eigenvalue weighted by molar-refractivity contribution is 0.0388. The average molecular weight is 315 g/mol. The molecule has 1 heterocycles. The maximum Gasteiger partial charge on any atom is 0.341 e. The normalized spacial score (nSPS) is 10.6. The number of H-pyrrole nitrogens is 1. The van der Waals surface area contributed by atoms with Crippen molar-refractivity contribution < 1.29 is 14.3 Å². The first-order valence-corrected chi connectivity index (χ1v) is 6.53. The first-order chi connectivity index (χ1) is 9.63. The molecule has 0 aliphatic heterocycles. The molecule has 0 saturated heterocycles. The number of nitrogens with one attached hydrogen (secondary N) is 1. The first-order valence-electron chi connectivity index (χ1n) is 5.77. The molecule has 0 radical (unpaired) electrons. The van der Waals surface area contributed by atoms with Gasteiger partial charge in [-0.2, -0.15) is 0 Å². The van der Waals surface area contributed by atoms with Crippen LogP contribution in [0.2, 0.25) is 10.0 Å². The second-order valence-corrected chi connectivity index (χ2v) is 4.72. The minimum absolute atomic E-state index is 0.143. The quantitative estimate of drug-likeness (QED) is 0.680. The summed E-state index contributed by atoms with van der Waals surface area (Å²) in [5.41, 5.74) is 1.65. The number of carbonyl (C=O) groups excluding carboxylic acids is 1. The summed E-state index contributed by atoms with van der Waals surface area (Å²) in [5.74, 6) is -0.576. The highest BCUT2D eigenvalue weighted by molar-refractivity contribution is 6.39. The number of methoxy groups -OCH3 is 1. The van der Waals surface area contributed by atoms with Gasteiger partial charge >= 0.3 is 5.97 Å². The van der Waals surface area contributed by atoms with Gasteiger partial charge in [-0.05, 0) is 12.1 Å². The fourth-order valence-corrected chi connectivity index (χ4v) is 2.27. The maximum atomic E-state index is 11.9. The highest BCUT2D eigenvalue weighted by atomic mass is 35.5. The van der Waals surface area contributed by atoms with Crippen molar-refractivity contribution in [2.75, 3.05) is 20.3 Å². The molecule has 1 aromatic carbocycles. The Morgan fingerprint density at radius 1 is 1.30 bits per heavy atom. The number of imidazole rings is 1. The molecule has 0 fully saturated rings. The van der Waals surface area contributed by atoms with Gasteiger partial charge in [0.2, 0.25) is 0 Å². The lowest BCUT2D eigenvalue weighted by atomic mass is 10.1. The lowest BCUT2D eigenvalue weighted by Gasteiger charge is -2.09. The van der Waals surface area contributed by atoms with E-state index in [9.17, 15) is 4.79 Å². The minimum atomic E-state index is -0.576. The Kier molecular flexibility index (Phi) is 5.00. The number of aromatic amines is 1. The van der Waals surface area contributed by atoms with Crippen molar-refractivity contribution in [3.05, 3.63) is 40.3 Å². The van der Waals surface area contributed by atoms with E-state index >= 15 is 0 Å². The van der Waals surface area contributed by atoms with Gasteiger partial charge in [-0.25, -0.2) is 9.78 Å². The Labute approximate surface area is 125 Å². The molecule has 0 spiro atoms. The number of rotatable bonds is 5. The Balaban J connectivity index is 2.25. The summed E-state index contributed by atoms with van der Waals surface area (Å²) >= 11 is 12.2. The van der Waals surface area contributed by atoms with Crippen LogP contribution in [0.5, 0.6) is 0 Å². The van der Waals surface area contributed by atoms with Crippen LogP contribution in [0.3, 0.4) is 0 Å². The number of nitrogens with zero attached hydrogens (tertiary/aromatic N) is 1. The number of hydrogen-bond acceptors (Lipinski definition) is 4. The van der Waals surface area contributed by atoms with Crippen molar-refractivity contribution in [2.45, 2.75) is 0 Å². The van der Waals surface area contributed by atoms with Crippen molar-refractivity contribution in [1.82, 2.24) is 9.97 Å². The van der Waals surface area contributed by atoms with Crippen LogP contribution in [-0.4, -0.2) is 36.3 Å². The third-order valence-corrected chi connectivity index (χ3v) is 3.17. The van der Waals surface area contributed by atoms with E-state index in [2.05, 4.69) is 9.97 Å². The Hall–Kier alpha value is -1.56. The van der Waals surface area contributed by atoms with Gasteiger partial charge in [-0.1, -0.05) is 23.2 Å². The van der Waals surface area contributed by atoms with Crippen LogP contribution in [0.1, 0.15) is 10.4 Å². The number of aromatic nitrogens is 2. The predicted molar refractivity (Wildman–Crippen MR) is 76.2 cm³/mol. The molecule has 0 amide bonds. The summed E-state index contributed by atoms with van der Waals surface area (Å²) in [7, 11) is 1.52. The van der Waals surface area contributed by atoms with Crippen LogP contribution in [0, 0.1) is 0 Å². The number of hydrogen-bond donors (Lipinski definition) is 1. The molecule has 20 heavy (non-hydrogen) atoms. The standard InChI is InChI=1S/C13H12Cl2N2O3/c1-19-2-3-20-13(18)12-9(14)4-8(5-10(12)15)11-6-16-7-17-11/h4-7H,2-3H2,1H3,(H,16,17). The smallest absolute Gasteiger partial charge is 0.341 e. The molecule has 7 heteroatoms. The molecule has 106 valence electrons. The van der Waals surface area contributed by atoms with E-state index < -0.39 is 5.97 Å². The van der Waals surface area contributed by atoms with Crippen LogP contribution in [0.15, 0.2) is 24.7 Å². The molecule has 5 nitrogen and oxygen atoms in total. The number of benzene rings is 1. The molecule has 0 unspecified atom stereocenters. The van der Waals surface area contributed by atoms with Crippen molar-refractivity contribution in [3.8, 4) is 11.3 Å². The monoisotopic (exact) mass is 314 g/mol. The van der Waals surface area contributed by atoms with Crippen LogP contribution in [0.25, 0.3) is 11.3 Å². The molecule has 0 bridgehead atoms. The molecular formula is C13H12Cl2N2O3. The largest absolute Gasteiger partial charge is 0.460 e. The van der Waals surface area contributed by atoms with Gasteiger partial charge in [0.25, 0.3) is 0 Å². The van der Waals surface area contributed by atoms with Crippen molar-refractivity contribution in [1.29, 1.82) is 0 Å². The predicted octanol–water partition coefficient (Wildman–Crippen LogP) is 3.19. The number of esters is 1. The topological polar surface area (TPSA) is 64.2 Å². The molecule has 2 rings (SSSR count). The van der Waals surface area contributed by atoms with Gasteiger partial charge < -0.3 is 14.5 Å². The Morgan fingerprint density at radius 3 is 2.55 bits per heavy atom. The molecule has 2 aromatic rings. The highest BCUT2D eigenvalue weighted by Gasteiger charge is 2.18. The zero-order valence-electron chi connectivity index (χ0n) is 10.7. The van der Waals surface area contributed by atoms with Crippen LogP contribution in [-0.2, 0) is 9.47 Å². The molecule has 0 saturated carbocycles. The molecule has 1 N–H and O–H groups in total. The number of halogens is 2. The van der Waals surface area contributed by atoms with E-state index in [1.807, 2.05) is 0 Å². The zero-order chi connectivity index (χ0) is 14.5. The molecule has 1 aromatic heterocycles. The van der Waals surface area contributed by atoms with Crippen LogP contribution >= 0.6 is 23.2 Å². The molecule has 0 aliphatic carbocycles. The summed E-state index contributed by atoms with van der Waals surface area (Å²) in [6.07, 6.45) is 3.18. The summed E-state index contributed by atoms with van der Waals surface area (Å²) in [6.45, 7) is 0.456. The first kappa shape index (κ1) is 14.8. The van der Waals surface area contributed by atoms with E-state index in [1.54, 1.807) is 24.7 Å². The molecule has 0 aliphatic rings. The average Bonchev–Trinajstić information content (AvgIpc) is 2.92. The third kappa shape index (κ3) is 3.30. The van der Waals surface area contributed by atoms with Crippen molar-refractivity contribution in [2.24, 2.45) is 0 Å². The van der Waals surface area contributed by atoms with Crippen molar-refractivity contribution in [3.63, 3.8) is 0 Å². The summed E-state index contributed by atoms with van der Waals surface area (Å²) < 4.78 is 9.81. The van der Waals surface area contributed by atoms with E-state index in [-0.39, 0.29) is 22.2 Å². The summed E-state index contributed by atoms with van der Waals surface area (Å²) in [4.78, 5) is 18.7. The van der Waals surface area contributed by atoms with Gasteiger partial charge in [-0.15, -0.1) is 0 Å². The Bertz CT molecular complexity index is 577. The van der Waals surface area contributed by atoms with Crippen LogP contribution in [0.4, 0.5) is 0 Å². The van der Waals surface area contributed by atoms with E-state index in [1.165, 1.54) is 7.11 Å². The van der Waals surface area contributed by atoms with Gasteiger partial charge in [-0.3, -0.25) is 0 Å². The Morgan fingerprint density at radius 2 is 2.00 bits per heavy atom. The van der Waals surface area contributed by atoms with Crippen LogP contribution < -0.4 is 0 Å².